The van der Waals surface area contributed by atoms with Gasteiger partial charge in [-0.25, -0.2) is 8.42 Å². The lowest BCUT2D eigenvalue weighted by atomic mass is 9.98. The van der Waals surface area contributed by atoms with Gasteiger partial charge in [0.15, 0.2) is 0 Å². The zero-order chi connectivity index (χ0) is 17.3. The van der Waals surface area contributed by atoms with Crippen LogP contribution in [0.5, 0.6) is 0 Å². The summed E-state index contributed by atoms with van der Waals surface area (Å²) in [5.41, 5.74) is 2.65. The first-order valence-electron chi connectivity index (χ1n) is 7.32. The average molecular weight is 366 g/mol. The lowest BCUT2D eigenvalue weighted by Gasteiger charge is -2.27. The molecule has 0 bridgehead atoms. The van der Waals surface area contributed by atoms with Gasteiger partial charge >= 0.3 is 0 Å². The highest BCUT2D eigenvalue weighted by Gasteiger charge is 2.26. The fraction of sp³-hybridized carbons (Fsp3) is 0.250. The summed E-state index contributed by atoms with van der Waals surface area (Å²) < 4.78 is 24.8. The number of halogens is 1. The van der Waals surface area contributed by atoms with E-state index < -0.39 is 10.0 Å². The molecule has 2 heterocycles. The van der Waals surface area contributed by atoms with Crippen molar-refractivity contribution in [3.8, 4) is 0 Å². The third kappa shape index (κ3) is 3.58. The van der Waals surface area contributed by atoms with Crippen molar-refractivity contribution < 1.29 is 13.2 Å². The van der Waals surface area contributed by atoms with Crippen molar-refractivity contribution in [3.63, 3.8) is 0 Å². The standard InChI is InChI=1S/C16H16ClN3O3S/c1-24(22,23)20-6-5-14-11(10-20)8-18-9-15(14)16(21)19-13-4-2-3-12(17)7-13/h2-4,7-9H,5-6,10H2,1H3,(H,19,21). The van der Waals surface area contributed by atoms with Gasteiger partial charge in [0.25, 0.3) is 5.91 Å². The first-order valence-corrected chi connectivity index (χ1v) is 9.55. The van der Waals surface area contributed by atoms with Gasteiger partial charge in [0.05, 0.1) is 11.8 Å². The van der Waals surface area contributed by atoms with Gasteiger partial charge in [0.2, 0.25) is 10.0 Å². The van der Waals surface area contributed by atoms with E-state index >= 15 is 0 Å². The first-order chi connectivity index (χ1) is 11.3. The Bertz CT molecular complexity index is 899. The van der Waals surface area contributed by atoms with E-state index in [1.165, 1.54) is 16.8 Å². The second kappa shape index (κ2) is 6.51. The van der Waals surface area contributed by atoms with Crippen LogP contribution in [0, 0.1) is 0 Å². The van der Waals surface area contributed by atoms with Gasteiger partial charge in [-0.1, -0.05) is 17.7 Å². The van der Waals surface area contributed by atoms with Crippen molar-refractivity contribution in [1.29, 1.82) is 0 Å². The summed E-state index contributed by atoms with van der Waals surface area (Å²) in [5, 5.41) is 3.33. The monoisotopic (exact) mass is 365 g/mol. The van der Waals surface area contributed by atoms with E-state index in [1.54, 1.807) is 30.5 Å². The number of sulfonamides is 1. The van der Waals surface area contributed by atoms with E-state index in [2.05, 4.69) is 10.3 Å². The van der Waals surface area contributed by atoms with Crippen molar-refractivity contribution in [2.75, 3.05) is 18.1 Å². The molecule has 0 saturated heterocycles. The number of hydrogen-bond acceptors (Lipinski definition) is 4. The van der Waals surface area contributed by atoms with Crippen molar-refractivity contribution in [2.24, 2.45) is 0 Å². The van der Waals surface area contributed by atoms with E-state index in [0.717, 1.165) is 11.1 Å². The molecule has 1 aliphatic heterocycles. The van der Waals surface area contributed by atoms with Crippen LogP contribution in [0.3, 0.4) is 0 Å². The molecular weight excluding hydrogens is 350 g/mol. The number of nitrogens with one attached hydrogen (secondary N) is 1. The van der Waals surface area contributed by atoms with Crippen LogP contribution < -0.4 is 5.32 Å². The predicted octanol–water partition coefficient (Wildman–Crippen LogP) is 2.30. The number of anilines is 1. The maximum absolute atomic E-state index is 12.5. The number of amides is 1. The van der Waals surface area contributed by atoms with Crippen molar-refractivity contribution >= 4 is 33.2 Å². The molecular formula is C16H16ClN3O3S. The molecule has 126 valence electrons. The Labute approximate surface area is 145 Å². The van der Waals surface area contributed by atoms with Crippen molar-refractivity contribution in [3.05, 3.63) is 58.4 Å². The molecule has 1 aromatic heterocycles. The molecule has 24 heavy (non-hydrogen) atoms. The smallest absolute Gasteiger partial charge is 0.257 e. The molecule has 6 nitrogen and oxygen atoms in total. The normalized spacial score (nSPS) is 14.9. The van der Waals surface area contributed by atoms with Crippen LogP contribution in [0.1, 0.15) is 21.5 Å². The summed E-state index contributed by atoms with van der Waals surface area (Å²) in [4.78, 5) is 16.6. The second-order valence-electron chi connectivity index (χ2n) is 5.64. The number of pyridine rings is 1. The molecule has 0 unspecified atom stereocenters. The van der Waals surface area contributed by atoms with Gasteiger partial charge in [0, 0.05) is 36.2 Å². The maximum atomic E-state index is 12.5. The molecule has 3 rings (SSSR count). The zero-order valence-electron chi connectivity index (χ0n) is 13.0. The number of carbonyl (C=O) groups excluding carboxylic acids is 1. The minimum absolute atomic E-state index is 0.236. The van der Waals surface area contributed by atoms with Crippen LogP contribution in [0.2, 0.25) is 5.02 Å². The van der Waals surface area contributed by atoms with Gasteiger partial charge in [-0.15, -0.1) is 0 Å². The molecule has 0 spiro atoms. The van der Waals surface area contributed by atoms with Crippen molar-refractivity contribution in [2.45, 2.75) is 13.0 Å². The fourth-order valence-corrected chi connectivity index (χ4v) is 3.70. The summed E-state index contributed by atoms with van der Waals surface area (Å²) in [5.74, 6) is -0.283. The van der Waals surface area contributed by atoms with E-state index in [1.807, 2.05) is 0 Å². The maximum Gasteiger partial charge on any atom is 0.257 e. The Balaban J connectivity index is 1.87. The molecule has 1 aliphatic rings. The van der Waals surface area contributed by atoms with Crippen LogP contribution >= 0.6 is 11.6 Å². The van der Waals surface area contributed by atoms with Crippen LogP contribution in [0.4, 0.5) is 5.69 Å². The molecule has 0 radical (unpaired) electrons. The average Bonchev–Trinajstić information content (AvgIpc) is 2.53. The molecule has 8 heteroatoms. The highest BCUT2D eigenvalue weighted by atomic mass is 35.5. The predicted molar refractivity (Wildman–Crippen MR) is 92.6 cm³/mol. The minimum atomic E-state index is -3.26. The SMILES string of the molecule is CS(=O)(=O)N1CCc2c(cncc2C(=O)Nc2cccc(Cl)c2)C1. The summed E-state index contributed by atoms with van der Waals surface area (Å²) in [7, 11) is -3.26. The lowest BCUT2D eigenvalue weighted by Crippen LogP contribution is -2.36. The van der Waals surface area contributed by atoms with Gasteiger partial charge in [-0.05, 0) is 35.7 Å². The summed E-state index contributed by atoms with van der Waals surface area (Å²) >= 11 is 5.92. The highest BCUT2D eigenvalue weighted by molar-refractivity contribution is 7.88. The minimum Gasteiger partial charge on any atom is -0.322 e. The molecule has 1 N–H and O–H groups in total. The van der Waals surface area contributed by atoms with Crippen molar-refractivity contribution in [1.82, 2.24) is 9.29 Å². The lowest BCUT2D eigenvalue weighted by molar-refractivity contribution is 0.102. The zero-order valence-corrected chi connectivity index (χ0v) is 14.6. The van der Waals surface area contributed by atoms with E-state index in [9.17, 15) is 13.2 Å². The first kappa shape index (κ1) is 16.9. The Hall–Kier alpha value is -1.96. The topological polar surface area (TPSA) is 79.4 Å². The molecule has 0 atom stereocenters. The number of hydrogen-bond donors (Lipinski definition) is 1. The summed E-state index contributed by atoms with van der Waals surface area (Å²) in [6.45, 7) is 0.590. The van der Waals surface area contributed by atoms with Gasteiger partial charge < -0.3 is 5.32 Å². The Kier molecular flexibility index (Phi) is 4.58. The third-order valence-corrected chi connectivity index (χ3v) is 5.39. The Morgan fingerprint density at radius 1 is 1.33 bits per heavy atom. The van der Waals surface area contributed by atoms with E-state index in [-0.39, 0.29) is 12.5 Å². The Morgan fingerprint density at radius 3 is 2.83 bits per heavy atom. The number of fused-ring (bicyclic) bond motifs is 1. The second-order valence-corrected chi connectivity index (χ2v) is 8.05. The number of aromatic nitrogens is 1. The number of benzene rings is 1. The van der Waals surface area contributed by atoms with Gasteiger partial charge in [0.1, 0.15) is 0 Å². The highest BCUT2D eigenvalue weighted by Crippen LogP contribution is 2.24. The molecule has 0 fully saturated rings. The Morgan fingerprint density at radius 2 is 2.12 bits per heavy atom. The number of rotatable bonds is 3. The van der Waals surface area contributed by atoms with E-state index in [0.29, 0.717) is 29.2 Å². The molecule has 2 aromatic rings. The number of carbonyl (C=O) groups is 1. The summed E-state index contributed by atoms with van der Waals surface area (Å²) in [6.07, 6.45) is 4.78. The van der Waals surface area contributed by atoms with Crippen LogP contribution in [0.15, 0.2) is 36.7 Å². The molecule has 0 saturated carbocycles. The van der Waals surface area contributed by atoms with Gasteiger partial charge in [-0.3, -0.25) is 9.78 Å². The third-order valence-electron chi connectivity index (χ3n) is 3.90. The quantitative estimate of drug-likeness (QED) is 0.905. The van der Waals surface area contributed by atoms with Crippen LogP contribution in [-0.2, 0) is 23.0 Å². The molecule has 0 aliphatic carbocycles. The largest absolute Gasteiger partial charge is 0.322 e. The van der Waals surface area contributed by atoms with Gasteiger partial charge in [-0.2, -0.15) is 4.31 Å². The molecule has 1 aromatic carbocycles. The fourth-order valence-electron chi connectivity index (χ4n) is 2.71. The number of nitrogens with zero attached hydrogens (tertiary/aromatic N) is 2. The summed E-state index contributed by atoms with van der Waals surface area (Å²) in [6, 6.07) is 6.88. The van der Waals surface area contributed by atoms with Crippen LogP contribution in [-0.4, -0.2) is 36.4 Å². The molecule has 1 amide bonds. The van der Waals surface area contributed by atoms with Crippen LogP contribution in [0.25, 0.3) is 0 Å². The van der Waals surface area contributed by atoms with E-state index in [4.69, 9.17) is 11.6 Å².